The van der Waals surface area contributed by atoms with Crippen molar-refractivity contribution in [2.75, 3.05) is 0 Å². The summed E-state index contributed by atoms with van der Waals surface area (Å²) >= 11 is 0. The van der Waals surface area contributed by atoms with Gasteiger partial charge in [-0.1, -0.05) is 0 Å². The van der Waals surface area contributed by atoms with Crippen molar-refractivity contribution in [2.24, 2.45) is 0 Å². The number of rotatable bonds is 5. The van der Waals surface area contributed by atoms with Crippen molar-refractivity contribution >= 4 is 21.0 Å². The summed E-state index contributed by atoms with van der Waals surface area (Å²) in [4.78, 5) is 48.8. The molecule has 1 rings (SSSR count). The van der Waals surface area contributed by atoms with Gasteiger partial charge in [-0.2, -0.15) is 0 Å². The Kier molecular flexibility index (Phi) is 4.22. The van der Waals surface area contributed by atoms with E-state index >= 15 is 0 Å². The van der Waals surface area contributed by atoms with Crippen LogP contribution in [0.1, 0.15) is 24.3 Å². The van der Waals surface area contributed by atoms with Crippen LogP contribution in [0.2, 0.25) is 0 Å². The number of imidazole rings is 1. The predicted molar refractivity (Wildman–Crippen MR) is 64.7 cm³/mol. The van der Waals surface area contributed by atoms with Crippen molar-refractivity contribution in [2.45, 2.75) is 25.3 Å². The van der Waals surface area contributed by atoms with E-state index in [4.69, 9.17) is 19.6 Å². The van der Waals surface area contributed by atoms with Crippen LogP contribution < -0.4 is 0 Å². The molecule has 19 heavy (non-hydrogen) atoms. The van der Waals surface area contributed by atoms with E-state index in [-0.39, 0.29) is 11.5 Å². The van der Waals surface area contributed by atoms with Crippen molar-refractivity contribution in [1.29, 1.82) is 0 Å². The van der Waals surface area contributed by atoms with E-state index in [0.29, 0.717) is 0 Å². The highest BCUT2D eigenvalue weighted by Crippen LogP contribution is 2.69. The summed E-state index contributed by atoms with van der Waals surface area (Å²) in [7, 11) is -10.2. The van der Waals surface area contributed by atoms with E-state index < -0.39 is 26.6 Å². The maximum Gasteiger partial charge on any atom is 0.345 e. The van der Waals surface area contributed by atoms with Gasteiger partial charge >= 0.3 is 15.2 Å². The lowest BCUT2D eigenvalue weighted by atomic mass is 10.3. The number of carbonyl (C=O) groups is 1. The van der Waals surface area contributed by atoms with Crippen LogP contribution in [0.15, 0.2) is 12.5 Å². The van der Waals surface area contributed by atoms with Crippen LogP contribution >= 0.6 is 15.2 Å². The average Bonchev–Trinajstić information content (AvgIpc) is 2.62. The Bertz CT molecular complexity index is 562. The third kappa shape index (κ3) is 3.20. The largest absolute Gasteiger partial charge is 0.345 e. The van der Waals surface area contributed by atoms with Gasteiger partial charge < -0.3 is 24.1 Å². The molecule has 0 saturated carbocycles. The van der Waals surface area contributed by atoms with E-state index in [9.17, 15) is 13.9 Å². The van der Waals surface area contributed by atoms with Crippen LogP contribution in [0.4, 0.5) is 0 Å². The Morgan fingerprint density at radius 1 is 1.32 bits per heavy atom. The quantitative estimate of drug-likeness (QED) is 0.443. The lowest BCUT2D eigenvalue weighted by Gasteiger charge is -2.30. The second-order valence-electron chi connectivity index (χ2n) is 4.29. The van der Waals surface area contributed by atoms with E-state index in [1.165, 1.54) is 13.1 Å². The van der Waals surface area contributed by atoms with Crippen LogP contribution in [0.25, 0.3) is 0 Å². The third-order valence-electron chi connectivity index (χ3n) is 2.73. The van der Waals surface area contributed by atoms with Crippen molar-refractivity contribution in [3.8, 4) is 0 Å². The summed E-state index contributed by atoms with van der Waals surface area (Å²) in [5.74, 6) is -0.368. The zero-order valence-corrected chi connectivity index (χ0v) is 12.0. The molecule has 11 heteroatoms. The number of hydrogen-bond acceptors (Lipinski definition) is 4. The molecule has 0 aromatic carbocycles. The minimum atomic E-state index is -5.09. The number of ketones is 1. The first-order valence-corrected chi connectivity index (χ1v) is 8.25. The minimum Gasteiger partial charge on any atom is -0.335 e. The van der Waals surface area contributed by atoms with Gasteiger partial charge in [0.2, 0.25) is 0 Å². The molecular weight excluding hydrogens is 298 g/mol. The summed E-state index contributed by atoms with van der Waals surface area (Å²) in [5.41, 5.74) is 0.0405. The number of hydrogen-bond donors (Lipinski definition) is 4. The Balaban J connectivity index is 3.20. The van der Waals surface area contributed by atoms with Crippen molar-refractivity contribution in [3.05, 3.63) is 18.2 Å². The van der Waals surface area contributed by atoms with Crippen LogP contribution in [0.3, 0.4) is 0 Å². The molecule has 0 atom stereocenters. The van der Waals surface area contributed by atoms with Gasteiger partial charge in [-0.3, -0.25) is 13.9 Å². The SMILES string of the molecule is CC(=O)c1cn(CC(C)(P(=O)(O)O)P(=O)(O)O)cn1. The van der Waals surface area contributed by atoms with E-state index in [1.54, 1.807) is 0 Å². The third-order valence-corrected chi connectivity index (χ3v) is 7.09. The van der Waals surface area contributed by atoms with Crippen LogP contribution in [-0.4, -0.2) is 39.8 Å². The topological polar surface area (TPSA) is 150 Å². The first-order valence-electron chi connectivity index (χ1n) is 5.02. The highest BCUT2D eigenvalue weighted by molar-refractivity contribution is 7.72. The fraction of sp³-hybridized carbons (Fsp3) is 0.500. The number of nitrogens with zero attached hydrogens (tertiary/aromatic N) is 2. The van der Waals surface area contributed by atoms with Crippen LogP contribution in [-0.2, 0) is 15.7 Å². The molecule has 108 valence electrons. The van der Waals surface area contributed by atoms with Gasteiger partial charge in [-0.05, 0) is 6.92 Å². The zero-order valence-electron chi connectivity index (χ0n) is 10.2. The van der Waals surface area contributed by atoms with Gasteiger partial charge in [0.25, 0.3) is 0 Å². The van der Waals surface area contributed by atoms with E-state index in [1.807, 2.05) is 0 Å². The smallest absolute Gasteiger partial charge is 0.335 e. The Labute approximate surface area is 108 Å². The molecule has 1 heterocycles. The second-order valence-corrected chi connectivity index (χ2v) is 8.80. The standard InChI is InChI=1S/C8H14N2O7P2/c1-6(11)7-3-10(5-9-7)4-8(2,18(12,13)14)19(15,16)17/h3,5H,4H2,1-2H3,(H2,12,13,14)(H2,15,16,17). The molecule has 0 radical (unpaired) electrons. The maximum absolute atomic E-state index is 11.3. The molecule has 0 bridgehead atoms. The summed E-state index contributed by atoms with van der Waals surface area (Å²) in [6.07, 6.45) is 2.26. The molecule has 9 nitrogen and oxygen atoms in total. The molecule has 0 spiro atoms. The number of aromatic nitrogens is 2. The number of Topliss-reactive ketones (excluding diaryl/α,β-unsaturated/α-hetero) is 1. The highest BCUT2D eigenvalue weighted by Gasteiger charge is 2.56. The molecule has 0 aliphatic carbocycles. The molecule has 0 unspecified atom stereocenters. The first-order chi connectivity index (χ1) is 8.38. The molecule has 0 fully saturated rings. The maximum atomic E-state index is 11.3. The Morgan fingerprint density at radius 3 is 2.11 bits per heavy atom. The van der Waals surface area contributed by atoms with Gasteiger partial charge in [0, 0.05) is 13.1 Å². The predicted octanol–water partition coefficient (Wildman–Crippen LogP) is 0.157. The van der Waals surface area contributed by atoms with Crippen LogP contribution in [0.5, 0.6) is 0 Å². The van der Waals surface area contributed by atoms with Gasteiger partial charge in [0.1, 0.15) is 5.69 Å². The molecule has 0 aliphatic heterocycles. The van der Waals surface area contributed by atoms with Gasteiger partial charge in [-0.15, -0.1) is 0 Å². The van der Waals surface area contributed by atoms with Gasteiger partial charge in [0.05, 0.1) is 12.9 Å². The monoisotopic (exact) mass is 312 g/mol. The lowest BCUT2D eigenvalue weighted by Crippen LogP contribution is -2.30. The molecule has 4 N–H and O–H groups in total. The molecule has 0 aliphatic rings. The molecular formula is C8H14N2O7P2. The normalized spacial score (nSPS) is 13.6. The zero-order chi connectivity index (χ0) is 15.1. The molecule has 0 saturated heterocycles. The van der Waals surface area contributed by atoms with E-state index in [2.05, 4.69) is 4.98 Å². The number of carbonyl (C=O) groups excluding carboxylic acids is 1. The summed E-state index contributed by atoms with van der Waals surface area (Å²) < 4.78 is 23.8. The molecule has 1 aromatic heterocycles. The average molecular weight is 312 g/mol. The molecule has 0 amide bonds. The van der Waals surface area contributed by atoms with Crippen molar-refractivity contribution in [3.63, 3.8) is 0 Å². The summed E-state index contributed by atoms with van der Waals surface area (Å²) in [5, 5.41) is 0. The highest BCUT2D eigenvalue weighted by atomic mass is 31.2. The minimum absolute atomic E-state index is 0.0405. The second kappa shape index (κ2) is 4.94. The summed E-state index contributed by atoms with van der Waals surface area (Å²) in [6, 6.07) is 0. The Morgan fingerprint density at radius 2 is 1.79 bits per heavy atom. The lowest BCUT2D eigenvalue weighted by molar-refractivity contribution is 0.101. The van der Waals surface area contributed by atoms with E-state index in [0.717, 1.165) is 17.8 Å². The summed E-state index contributed by atoms with van der Waals surface area (Å²) in [6.45, 7) is 1.38. The van der Waals surface area contributed by atoms with Crippen molar-refractivity contribution in [1.82, 2.24) is 9.55 Å². The van der Waals surface area contributed by atoms with Crippen molar-refractivity contribution < 1.29 is 33.5 Å². The fourth-order valence-corrected chi connectivity index (χ4v) is 3.38. The first kappa shape index (κ1) is 16.2. The van der Waals surface area contributed by atoms with Crippen LogP contribution in [0, 0.1) is 0 Å². The van der Waals surface area contributed by atoms with Gasteiger partial charge in [-0.25, -0.2) is 4.98 Å². The fourth-order valence-electron chi connectivity index (χ4n) is 1.33. The molecule has 1 aromatic rings. The van der Waals surface area contributed by atoms with Gasteiger partial charge in [0.15, 0.2) is 10.7 Å². The Hall–Kier alpha value is -0.820.